The number of hydrogen-bond donors (Lipinski definition) is 0. The summed E-state index contributed by atoms with van der Waals surface area (Å²) in [4.78, 5) is 0. The summed E-state index contributed by atoms with van der Waals surface area (Å²) in [6.07, 6.45) is 20.0. The predicted octanol–water partition coefficient (Wildman–Crippen LogP) is 6.46. The van der Waals surface area contributed by atoms with Gasteiger partial charge in [0.2, 0.25) is 0 Å². The second-order valence-corrected chi connectivity index (χ2v) is 8.09. The van der Waals surface area contributed by atoms with E-state index in [-0.39, 0.29) is 5.41 Å². The fourth-order valence-electron chi connectivity index (χ4n) is 4.91. The van der Waals surface area contributed by atoms with Crippen molar-refractivity contribution in [3.05, 3.63) is 95.6 Å². The van der Waals surface area contributed by atoms with Crippen LogP contribution in [0.4, 0.5) is 0 Å². The van der Waals surface area contributed by atoms with Crippen LogP contribution in [0.1, 0.15) is 37.3 Å². The highest BCUT2D eigenvalue weighted by Crippen LogP contribution is 2.61. The molecule has 4 aliphatic carbocycles. The molecule has 128 valence electrons. The van der Waals surface area contributed by atoms with Crippen LogP contribution in [-0.2, 0) is 5.41 Å². The van der Waals surface area contributed by atoms with E-state index in [1.54, 1.807) is 11.1 Å². The Balaban J connectivity index is 1.73. The fraction of sp³-hybridized carbons (Fsp3) is 0.360. The third-order valence-electron chi connectivity index (χ3n) is 6.24. The molecule has 4 aliphatic rings. The lowest BCUT2D eigenvalue weighted by Gasteiger charge is -2.55. The molecule has 0 heterocycles. The third-order valence-corrected chi connectivity index (χ3v) is 6.24. The Hall–Kier alpha value is -2.08. The summed E-state index contributed by atoms with van der Waals surface area (Å²) in [5, 5.41) is 0. The Kier molecular flexibility index (Phi) is 4.15. The number of fused-ring (bicyclic) bond motifs is 1. The molecule has 1 saturated carbocycles. The number of benzene rings is 1. The lowest BCUT2D eigenvalue weighted by molar-refractivity contribution is 0.117. The first-order chi connectivity index (χ1) is 12.1. The Labute approximate surface area is 152 Å². The van der Waals surface area contributed by atoms with Gasteiger partial charge < -0.3 is 0 Å². The number of rotatable bonds is 6. The van der Waals surface area contributed by atoms with Gasteiger partial charge in [0.15, 0.2) is 0 Å². The molecule has 2 bridgehead atoms. The molecule has 0 radical (unpaired) electrons. The fourth-order valence-corrected chi connectivity index (χ4v) is 4.91. The maximum atomic E-state index is 3.94. The summed E-state index contributed by atoms with van der Waals surface area (Å²) in [7, 11) is 0. The highest BCUT2D eigenvalue weighted by atomic mass is 14.6. The maximum Gasteiger partial charge on any atom is 0.0236 e. The summed E-state index contributed by atoms with van der Waals surface area (Å²) in [5.74, 6) is 2.21. The molecule has 1 aromatic rings. The van der Waals surface area contributed by atoms with Crippen LogP contribution in [0.5, 0.6) is 0 Å². The Bertz CT molecular complexity index is 789. The van der Waals surface area contributed by atoms with Crippen molar-refractivity contribution in [1.82, 2.24) is 0 Å². The molecule has 0 N–H and O–H groups in total. The topological polar surface area (TPSA) is 0 Å². The van der Waals surface area contributed by atoms with E-state index in [9.17, 15) is 0 Å². The molecule has 0 spiro atoms. The van der Waals surface area contributed by atoms with Crippen LogP contribution in [0.25, 0.3) is 0 Å². The van der Waals surface area contributed by atoms with Crippen molar-refractivity contribution >= 4 is 0 Å². The van der Waals surface area contributed by atoms with Crippen molar-refractivity contribution < 1.29 is 0 Å². The van der Waals surface area contributed by atoms with Gasteiger partial charge in [-0.1, -0.05) is 84.5 Å². The van der Waals surface area contributed by atoms with E-state index in [1.165, 1.54) is 18.4 Å². The van der Waals surface area contributed by atoms with Gasteiger partial charge in [0, 0.05) is 11.3 Å². The minimum atomic E-state index is 0.182. The average Bonchev–Trinajstić information content (AvgIpc) is 3.38. The lowest BCUT2D eigenvalue weighted by Crippen LogP contribution is -2.49. The zero-order valence-electron chi connectivity index (χ0n) is 15.4. The van der Waals surface area contributed by atoms with E-state index in [0.29, 0.717) is 5.92 Å². The standard InChI is InChI=1S/C25H28/c1-18(2)9-5-4-8-14-25(23-11-7-6-10-19(23)3)22-15-20(16-22)17-24(25)21-12-13-21/h4-13,17,20-22H,1,14-16H2,2-3H3/b8-4-,9-5-. The molecule has 0 amide bonds. The molecular weight excluding hydrogens is 300 g/mol. The molecule has 0 saturated heterocycles. The largest absolute Gasteiger partial charge is 0.0961 e. The van der Waals surface area contributed by atoms with Gasteiger partial charge >= 0.3 is 0 Å². The zero-order valence-corrected chi connectivity index (χ0v) is 15.4. The number of aryl methyl sites for hydroxylation is 1. The maximum absolute atomic E-state index is 3.94. The molecular formula is C25H28. The van der Waals surface area contributed by atoms with Crippen LogP contribution in [0, 0.1) is 24.7 Å². The van der Waals surface area contributed by atoms with E-state index in [4.69, 9.17) is 0 Å². The third kappa shape index (κ3) is 2.88. The van der Waals surface area contributed by atoms with Crippen molar-refractivity contribution in [2.24, 2.45) is 17.8 Å². The van der Waals surface area contributed by atoms with Gasteiger partial charge in [0.25, 0.3) is 0 Å². The quantitative estimate of drug-likeness (QED) is 0.415. The highest BCUT2D eigenvalue weighted by molar-refractivity contribution is 5.52. The second kappa shape index (κ2) is 6.33. The normalized spacial score (nSPS) is 30.6. The minimum Gasteiger partial charge on any atom is -0.0961 e. The van der Waals surface area contributed by atoms with Crippen molar-refractivity contribution in [3.63, 3.8) is 0 Å². The first kappa shape index (κ1) is 16.4. The van der Waals surface area contributed by atoms with E-state index in [0.717, 1.165) is 23.8 Å². The van der Waals surface area contributed by atoms with Gasteiger partial charge in [-0.3, -0.25) is 0 Å². The molecule has 0 heteroatoms. The van der Waals surface area contributed by atoms with Gasteiger partial charge in [0.05, 0.1) is 0 Å². The summed E-state index contributed by atoms with van der Waals surface area (Å²) < 4.78 is 0. The van der Waals surface area contributed by atoms with Crippen LogP contribution in [0.15, 0.2) is 84.5 Å². The van der Waals surface area contributed by atoms with Gasteiger partial charge in [-0.05, 0) is 56.1 Å². The first-order valence-electron chi connectivity index (χ1n) is 9.56. The van der Waals surface area contributed by atoms with E-state index >= 15 is 0 Å². The van der Waals surface area contributed by atoms with E-state index < -0.39 is 0 Å². The summed E-state index contributed by atoms with van der Waals surface area (Å²) in [6.45, 7) is 8.26. The Morgan fingerprint density at radius 3 is 2.64 bits per heavy atom. The SMILES string of the molecule is C=C(C)/C=C\C=C/CC1(c2ccccc2C)C(C2C=C2)=CC2CC1C2. The molecule has 0 aromatic heterocycles. The van der Waals surface area contributed by atoms with Gasteiger partial charge in [-0.2, -0.15) is 0 Å². The number of hydrogen-bond acceptors (Lipinski definition) is 0. The molecule has 5 rings (SSSR count). The Morgan fingerprint density at radius 1 is 1.20 bits per heavy atom. The molecule has 0 nitrogen and oxygen atoms in total. The van der Waals surface area contributed by atoms with E-state index in [1.807, 2.05) is 6.92 Å². The Morgan fingerprint density at radius 2 is 1.96 bits per heavy atom. The van der Waals surface area contributed by atoms with Crippen LogP contribution >= 0.6 is 0 Å². The molecule has 25 heavy (non-hydrogen) atoms. The van der Waals surface area contributed by atoms with Crippen LogP contribution in [0.2, 0.25) is 0 Å². The van der Waals surface area contributed by atoms with Crippen molar-refractivity contribution in [3.8, 4) is 0 Å². The van der Waals surface area contributed by atoms with Crippen LogP contribution in [0.3, 0.4) is 0 Å². The second-order valence-electron chi connectivity index (χ2n) is 8.09. The molecule has 1 unspecified atom stereocenters. The van der Waals surface area contributed by atoms with Crippen molar-refractivity contribution in [2.75, 3.05) is 0 Å². The van der Waals surface area contributed by atoms with Gasteiger partial charge in [0.1, 0.15) is 0 Å². The summed E-state index contributed by atoms with van der Waals surface area (Å²) in [6, 6.07) is 9.05. The molecule has 0 aliphatic heterocycles. The van der Waals surface area contributed by atoms with Crippen molar-refractivity contribution in [1.29, 1.82) is 0 Å². The minimum absolute atomic E-state index is 0.182. The molecule has 1 aromatic carbocycles. The lowest BCUT2D eigenvalue weighted by atomic mass is 9.48. The molecule has 1 fully saturated rings. The molecule has 1 atom stereocenters. The zero-order chi connectivity index (χ0) is 17.4. The smallest absolute Gasteiger partial charge is 0.0236 e. The van der Waals surface area contributed by atoms with Gasteiger partial charge in [-0.25, -0.2) is 0 Å². The predicted molar refractivity (Wildman–Crippen MR) is 107 cm³/mol. The van der Waals surface area contributed by atoms with Crippen molar-refractivity contribution in [2.45, 2.75) is 38.5 Å². The summed E-state index contributed by atoms with van der Waals surface area (Å²) in [5.41, 5.74) is 5.93. The highest BCUT2D eigenvalue weighted by Gasteiger charge is 2.54. The summed E-state index contributed by atoms with van der Waals surface area (Å²) >= 11 is 0. The van der Waals surface area contributed by atoms with Crippen LogP contribution in [-0.4, -0.2) is 0 Å². The first-order valence-corrected chi connectivity index (χ1v) is 9.56. The average molecular weight is 328 g/mol. The monoisotopic (exact) mass is 328 g/mol. The van der Waals surface area contributed by atoms with Crippen LogP contribution < -0.4 is 0 Å². The van der Waals surface area contributed by atoms with E-state index in [2.05, 4.69) is 80.3 Å². The van der Waals surface area contributed by atoms with Gasteiger partial charge in [-0.15, -0.1) is 0 Å². The number of allylic oxidation sites excluding steroid dienone is 9.